The third-order valence-electron chi connectivity index (χ3n) is 11.3. The molecule has 0 aromatic rings. The second-order valence-corrected chi connectivity index (χ2v) is 16.8. The number of carbonyl (C=O) groups excluding carboxylic acids is 1. The molecule has 0 aromatic heterocycles. The van der Waals surface area contributed by atoms with Crippen LogP contribution in [-0.2, 0) is 9.53 Å². The van der Waals surface area contributed by atoms with Gasteiger partial charge in [-0.3, -0.25) is 0 Å². The minimum Gasteiger partial charge on any atom is -0.462 e. The summed E-state index contributed by atoms with van der Waals surface area (Å²) in [7, 11) is 0. The summed E-state index contributed by atoms with van der Waals surface area (Å²) in [5.74, 6) is -0.248. The molecule has 0 aliphatic carbocycles. The Morgan fingerprint density at radius 3 is 0.627 bits per heavy atom. The first-order valence-electron chi connectivity index (χ1n) is 24.0. The molecular weight excluding hydrogens is 621 g/mol. The zero-order valence-electron chi connectivity index (χ0n) is 35.6. The Bertz CT molecular complexity index is 669. The molecule has 0 N–H and O–H groups in total. The summed E-state index contributed by atoms with van der Waals surface area (Å²) in [6, 6.07) is 0. The van der Waals surface area contributed by atoms with Gasteiger partial charge in [0.2, 0.25) is 0 Å². The van der Waals surface area contributed by atoms with Crippen molar-refractivity contribution in [3.05, 3.63) is 12.2 Å². The second-order valence-electron chi connectivity index (χ2n) is 16.8. The van der Waals surface area contributed by atoms with E-state index in [2.05, 4.69) is 13.5 Å². The average Bonchev–Trinajstić information content (AvgIpc) is 3.13. The Morgan fingerprint density at radius 2 is 0.471 bits per heavy atom. The third-order valence-corrected chi connectivity index (χ3v) is 11.3. The Labute approximate surface area is 323 Å². The third kappa shape index (κ3) is 45.3. The largest absolute Gasteiger partial charge is 0.462 e. The summed E-state index contributed by atoms with van der Waals surface area (Å²) >= 11 is 0. The lowest BCUT2D eigenvalue weighted by atomic mass is 10.0. The molecule has 0 saturated heterocycles. The summed E-state index contributed by atoms with van der Waals surface area (Å²) in [6.07, 6.45) is 61.9. The number of esters is 1. The van der Waals surface area contributed by atoms with Crippen molar-refractivity contribution >= 4 is 5.97 Å². The minimum atomic E-state index is -0.248. The standard InChI is InChI=1S/C49H96O2/c1-4-5-6-7-8-9-10-11-12-13-14-15-16-17-18-19-20-21-22-23-24-25-26-27-28-29-30-31-32-33-34-35-36-37-38-39-40-41-42-43-44-45-46-47-51-49(50)48(2)3/h2,4-47H2,1,3H3. The Morgan fingerprint density at radius 1 is 0.314 bits per heavy atom. The molecule has 0 aliphatic rings. The van der Waals surface area contributed by atoms with Crippen LogP contribution in [0.25, 0.3) is 0 Å². The molecular formula is C49H96O2. The van der Waals surface area contributed by atoms with Crippen LogP contribution in [-0.4, -0.2) is 12.6 Å². The molecule has 0 heterocycles. The van der Waals surface area contributed by atoms with E-state index in [1.54, 1.807) is 6.92 Å². The van der Waals surface area contributed by atoms with Crippen LogP contribution in [0.1, 0.15) is 290 Å². The molecule has 0 rings (SSSR count). The number of unbranched alkanes of at least 4 members (excludes halogenated alkanes) is 42. The number of ether oxygens (including phenoxy) is 1. The number of rotatable bonds is 45. The highest BCUT2D eigenvalue weighted by Gasteiger charge is 2.02. The average molecular weight is 717 g/mol. The second kappa shape index (κ2) is 45.4. The fourth-order valence-electron chi connectivity index (χ4n) is 7.71. The lowest BCUT2D eigenvalue weighted by Gasteiger charge is -2.05. The number of carbonyl (C=O) groups is 1. The van der Waals surface area contributed by atoms with Crippen LogP contribution < -0.4 is 0 Å². The highest BCUT2D eigenvalue weighted by molar-refractivity contribution is 5.86. The van der Waals surface area contributed by atoms with Gasteiger partial charge in [-0.15, -0.1) is 0 Å². The molecule has 304 valence electrons. The van der Waals surface area contributed by atoms with Crippen molar-refractivity contribution in [1.82, 2.24) is 0 Å². The Balaban J connectivity index is 3.07. The quantitative estimate of drug-likeness (QED) is 0.0356. The van der Waals surface area contributed by atoms with E-state index in [-0.39, 0.29) is 5.97 Å². The molecule has 2 nitrogen and oxygen atoms in total. The maximum Gasteiger partial charge on any atom is 0.333 e. The van der Waals surface area contributed by atoms with Crippen LogP contribution >= 0.6 is 0 Å². The Hall–Kier alpha value is -0.790. The fraction of sp³-hybridized carbons (Fsp3) is 0.939. The maximum atomic E-state index is 11.3. The summed E-state index contributed by atoms with van der Waals surface area (Å²) in [6.45, 7) is 8.17. The van der Waals surface area contributed by atoms with Gasteiger partial charge in [-0.1, -0.05) is 283 Å². The van der Waals surface area contributed by atoms with Crippen LogP contribution in [0.2, 0.25) is 0 Å². The van der Waals surface area contributed by atoms with Crippen LogP contribution in [0.4, 0.5) is 0 Å². The van der Waals surface area contributed by atoms with Crippen molar-refractivity contribution in [2.75, 3.05) is 6.61 Å². The van der Waals surface area contributed by atoms with E-state index >= 15 is 0 Å². The lowest BCUT2D eigenvalue weighted by Crippen LogP contribution is -2.05. The SMILES string of the molecule is C=C(C)C(=O)OCCCCCCCCCCCCCCCCCCCCCCCCCCCCCCCCCCCCCCCCCCCCC. The van der Waals surface area contributed by atoms with Crippen LogP contribution in [0.3, 0.4) is 0 Å². The van der Waals surface area contributed by atoms with E-state index in [0.717, 1.165) is 6.42 Å². The zero-order chi connectivity index (χ0) is 37.0. The van der Waals surface area contributed by atoms with E-state index < -0.39 is 0 Å². The molecule has 0 unspecified atom stereocenters. The smallest absolute Gasteiger partial charge is 0.333 e. The van der Waals surface area contributed by atoms with Gasteiger partial charge >= 0.3 is 5.97 Å². The number of hydrogen-bond donors (Lipinski definition) is 0. The molecule has 0 aromatic carbocycles. The van der Waals surface area contributed by atoms with Gasteiger partial charge in [0.05, 0.1) is 6.61 Å². The first-order valence-corrected chi connectivity index (χ1v) is 24.0. The van der Waals surface area contributed by atoms with E-state index in [1.165, 1.54) is 270 Å². The van der Waals surface area contributed by atoms with Crippen LogP contribution in [0.5, 0.6) is 0 Å². The van der Waals surface area contributed by atoms with E-state index in [1.807, 2.05) is 0 Å². The van der Waals surface area contributed by atoms with E-state index in [4.69, 9.17) is 4.74 Å². The molecule has 0 atom stereocenters. The first-order chi connectivity index (χ1) is 25.2. The molecule has 51 heavy (non-hydrogen) atoms. The summed E-state index contributed by atoms with van der Waals surface area (Å²) in [4.78, 5) is 11.3. The highest BCUT2D eigenvalue weighted by Crippen LogP contribution is 2.18. The lowest BCUT2D eigenvalue weighted by molar-refractivity contribution is -0.139. The fourth-order valence-corrected chi connectivity index (χ4v) is 7.71. The van der Waals surface area contributed by atoms with Crippen molar-refractivity contribution in [1.29, 1.82) is 0 Å². The zero-order valence-corrected chi connectivity index (χ0v) is 35.6. The molecule has 0 amide bonds. The van der Waals surface area contributed by atoms with Crippen molar-refractivity contribution < 1.29 is 9.53 Å². The molecule has 0 spiro atoms. The highest BCUT2D eigenvalue weighted by atomic mass is 16.5. The number of hydrogen-bond acceptors (Lipinski definition) is 2. The summed E-state index contributed by atoms with van der Waals surface area (Å²) in [5.41, 5.74) is 0.497. The molecule has 0 saturated carbocycles. The van der Waals surface area contributed by atoms with Crippen molar-refractivity contribution in [3.8, 4) is 0 Å². The van der Waals surface area contributed by atoms with Gasteiger partial charge in [-0.25, -0.2) is 4.79 Å². The van der Waals surface area contributed by atoms with Gasteiger partial charge in [0.1, 0.15) is 0 Å². The Kier molecular flexibility index (Phi) is 44.7. The van der Waals surface area contributed by atoms with Gasteiger partial charge < -0.3 is 4.74 Å². The molecule has 0 bridgehead atoms. The molecule has 2 heteroatoms. The van der Waals surface area contributed by atoms with Gasteiger partial charge in [-0.05, 0) is 13.3 Å². The van der Waals surface area contributed by atoms with E-state index in [9.17, 15) is 4.79 Å². The molecule has 0 fully saturated rings. The maximum absolute atomic E-state index is 11.3. The van der Waals surface area contributed by atoms with E-state index in [0.29, 0.717) is 12.2 Å². The monoisotopic (exact) mass is 717 g/mol. The normalized spacial score (nSPS) is 11.4. The molecule has 0 aliphatic heterocycles. The summed E-state index contributed by atoms with van der Waals surface area (Å²) in [5, 5.41) is 0. The van der Waals surface area contributed by atoms with Crippen molar-refractivity contribution in [2.45, 2.75) is 290 Å². The predicted molar refractivity (Wildman–Crippen MR) is 230 cm³/mol. The molecule has 0 radical (unpaired) electrons. The van der Waals surface area contributed by atoms with Crippen molar-refractivity contribution in [2.24, 2.45) is 0 Å². The first kappa shape index (κ1) is 50.2. The van der Waals surface area contributed by atoms with Crippen molar-refractivity contribution in [3.63, 3.8) is 0 Å². The van der Waals surface area contributed by atoms with Gasteiger partial charge in [0, 0.05) is 5.57 Å². The minimum absolute atomic E-state index is 0.248. The topological polar surface area (TPSA) is 26.3 Å². The van der Waals surface area contributed by atoms with Gasteiger partial charge in [-0.2, -0.15) is 0 Å². The van der Waals surface area contributed by atoms with Crippen LogP contribution in [0, 0.1) is 0 Å². The predicted octanol–water partition coefficient (Wildman–Crippen LogP) is 17.9. The summed E-state index contributed by atoms with van der Waals surface area (Å²) < 4.78 is 5.14. The van der Waals surface area contributed by atoms with Gasteiger partial charge in [0.25, 0.3) is 0 Å². The van der Waals surface area contributed by atoms with Crippen LogP contribution in [0.15, 0.2) is 12.2 Å². The van der Waals surface area contributed by atoms with Gasteiger partial charge in [0.15, 0.2) is 0 Å².